The zero-order valence-corrected chi connectivity index (χ0v) is 16.3. The number of methoxy groups -OCH3 is 1. The van der Waals surface area contributed by atoms with Gasteiger partial charge in [0, 0.05) is 19.3 Å². The van der Waals surface area contributed by atoms with Crippen LogP contribution >= 0.6 is 0 Å². The number of ether oxygens (including phenoxy) is 2. The molecule has 0 saturated heterocycles. The van der Waals surface area contributed by atoms with Gasteiger partial charge in [0.2, 0.25) is 5.95 Å². The van der Waals surface area contributed by atoms with E-state index in [0.717, 1.165) is 30.4 Å². The number of hydrogen-bond donors (Lipinski definition) is 1. The summed E-state index contributed by atoms with van der Waals surface area (Å²) >= 11 is 0. The lowest BCUT2D eigenvalue weighted by molar-refractivity contribution is 0.331. The highest BCUT2D eigenvalue weighted by Gasteiger charge is 2.08. The summed E-state index contributed by atoms with van der Waals surface area (Å²) in [5.74, 6) is 3.12. The van der Waals surface area contributed by atoms with E-state index >= 15 is 0 Å². The fraction of sp³-hybridized carbons (Fsp3) is 0.273. The van der Waals surface area contributed by atoms with Crippen LogP contribution in [0.15, 0.2) is 66.9 Å². The van der Waals surface area contributed by atoms with Gasteiger partial charge in [-0.3, -0.25) is 0 Å². The van der Waals surface area contributed by atoms with Crippen LogP contribution in [-0.2, 0) is 6.54 Å². The number of hydrogen-bond acceptors (Lipinski definition) is 6. The maximum atomic E-state index is 5.72. The van der Waals surface area contributed by atoms with Crippen molar-refractivity contribution >= 4 is 11.8 Å². The molecule has 146 valence electrons. The van der Waals surface area contributed by atoms with E-state index in [0.29, 0.717) is 19.1 Å². The molecule has 3 aromatic rings. The minimum Gasteiger partial charge on any atom is -0.497 e. The van der Waals surface area contributed by atoms with Crippen molar-refractivity contribution in [3.8, 4) is 11.5 Å². The molecule has 0 atom stereocenters. The quantitative estimate of drug-likeness (QED) is 0.538. The molecule has 0 saturated carbocycles. The Bertz CT molecular complexity index is 841. The van der Waals surface area contributed by atoms with Crippen LogP contribution in [0.1, 0.15) is 12.5 Å². The highest BCUT2D eigenvalue weighted by Crippen LogP contribution is 2.17. The molecule has 6 heteroatoms. The monoisotopic (exact) mass is 378 g/mol. The molecule has 2 aromatic carbocycles. The fourth-order valence-electron chi connectivity index (χ4n) is 2.77. The Morgan fingerprint density at radius 1 is 0.964 bits per heavy atom. The lowest BCUT2D eigenvalue weighted by Gasteiger charge is -2.22. The molecule has 1 heterocycles. The molecule has 0 aliphatic heterocycles. The first-order valence-corrected chi connectivity index (χ1v) is 9.41. The van der Waals surface area contributed by atoms with Crippen LogP contribution in [0.2, 0.25) is 0 Å². The van der Waals surface area contributed by atoms with Crippen molar-refractivity contribution in [3.05, 3.63) is 72.4 Å². The van der Waals surface area contributed by atoms with Gasteiger partial charge >= 0.3 is 0 Å². The van der Waals surface area contributed by atoms with Crippen LogP contribution < -0.4 is 19.7 Å². The topological polar surface area (TPSA) is 59.5 Å². The van der Waals surface area contributed by atoms with Crippen molar-refractivity contribution in [2.45, 2.75) is 13.5 Å². The van der Waals surface area contributed by atoms with E-state index in [1.54, 1.807) is 13.3 Å². The summed E-state index contributed by atoms with van der Waals surface area (Å²) in [6.07, 6.45) is 1.78. The van der Waals surface area contributed by atoms with Gasteiger partial charge in [-0.2, -0.15) is 4.98 Å². The molecule has 0 fully saturated rings. The third-order valence-electron chi connectivity index (χ3n) is 4.28. The molecule has 0 amide bonds. The molecular formula is C22H26N4O2. The Morgan fingerprint density at radius 2 is 1.71 bits per heavy atom. The maximum absolute atomic E-state index is 5.72. The van der Waals surface area contributed by atoms with Crippen LogP contribution in [-0.4, -0.2) is 36.8 Å². The average Bonchev–Trinajstić information content (AvgIpc) is 2.76. The van der Waals surface area contributed by atoms with Gasteiger partial charge in [-0.1, -0.05) is 30.3 Å². The highest BCUT2D eigenvalue weighted by molar-refractivity contribution is 5.43. The first-order chi connectivity index (χ1) is 13.8. The number of benzene rings is 2. The lowest BCUT2D eigenvalue weighted by atomic mass is 10.2. The van der Waals surface area contributed by atoms with E-state index < -0.39 is 0 Å². The summed E-state index contributed by atoms with van der Waals surface area (Å²) in [6, 6.07) is 19.9. The molecule has 0 aliphatic rings. The van der Waals surface area contributed by atoms with Crippen molar-refractivity contribution in [2.75, 3.05) is 37.0 Å². The van der Waals surface area contributed by atoms with E-state index in [9.17, 15) is 0 Å². The molecule has 0 radical (unpaired) electrons. The van der Waals surface area contributed by atoms with Crippen molar-refractivity contribution in [1.82, 2.24) is 9.97 Å². The van der Waals surface area contributed by atoms with E-state index in [1.165, 1.54) is 5.56 Å². The second kappa shape index (κ2) is 10.2. The molecule has 6 nitrogen and oxygen atoms in total. The summed E-state index contributed by atoms with van der Waals surface area (Å²) in [7, 11) is 1.65. The van der Waals surface area contributed by atoms with E-state index in [4.69, 9.17) is 9.47 Å². The van der Waals surface area contributed by atoms with Crippen LogP contribution in [0, 0.1) is 0 Å². The van der Waals surface area contributed by atoms with Crippen molar-refractivity contribution in [3.63, 3.8) is 0 Å². The standard InChI is InChI=1S/C22H26N4O2/c1-3-26(17-18-7-5-4-6-8-18)21-13-14-23-22(25-21)24-15-16-28-20-11-9-19(27-2)10-12-20/h4-14H,3,15-17H2,1-2H3,(H,23,24,25). The molecule has 1 aromatic heterocycles. The zero-order valence-electron chi connectivity index (χ0n) is 16.3. The van der Waals surface area contributed by atoms with Gasteiger partial charge in [0.05, 0.1) is 13.7 Å². The predicted molar refractivity (Wildman–Crippen MR) is 112 cm³/mol. The minimum atomic E-state index is 0.515. The van der Waals surface area contributed by atoms with Crippen LogP contribution in [0.4, 0.5) is 11.8 Å². The van der Waals surface area contributed by atoms with Gasteiger partial charge in [-0.05, 0) is 42.8 Å². The minimum absolute atomic E-state index is 0.515. The SMILES string of the molecule is CCN(Cc1ccccc1)c1ccnc(NCCOc2ccc(OC)cc2)n1. The van der Waals surface area contributed by atoms with Crippen molar-refractivity contribution < 1.29 is 9.47 Å². The van der Waals surface area contributed by atoms with Crippen molar-refractivity contribution in [1.29, 1.82) is 0 Å². The van der Waals surface area contributed by atoms with Gasteiger partial charge < -0.3 is 19.7 Å². The largest absolute Gasteiger partial charge is 0.497 e. The summed E-state index contributed by atoms with van der Waals surface area (Å²) in [4.78, 5) is 11.2. The van der Waals surface area contributed by atoms with Crippen LogP contribution in [0.3, 0.4) is 0 Å². The number of nitrogens with one attached hydrogen (secondary N) is 1. The number of aromatic nitrogens is 2. The highest BCUT2D eigenvalue weighted by atomic mass is 16.5. The maximum Gasteiger partial charge on any atom is 0.224 e. The van der Waals surface area contributed by atoms with Gasteiger partial charge in [-0.15, -0.1) is 0 Å². The smallest absolute Gasteiger partial charge is 0.224 e. The fourth-order valence-corrected chi connectivity index (χ4v) is 2.77. The molecule has 3 rings (SSSR count). The summed E-state index contributed by atoms with van der Waals surface area (Å²) < 4.78 is 10.9. The lowest BCUT2D eigenvalue weighted by Crippen LogP contribution is -2.23. The summed E-state index contributed by atoms with van der Waals surface area (Å²) in [5, 5.41) is 3.22. The molecule has 0 aliphatic carbocycles. The number of nitrogens with zero attached hydrogens (tertiary/aromatic N) is 3. The number of anilines is 2. The average molecular weight is 378 g/mol. The summed E-state index contributed by atoms with van der Waals surface area (Å²) in [6.45, 7) is 4.93. The Labute approximate surface area is 166 Å². The second-order valence-electron chi connectivity index (χ2n) is 6.19. The molecule has 0 spiro atoms. The van der Waals surface area contributed by atoms with E-state index in [1.807, 2.05) is 36.4 Å². The van der Waals surface area contributed by atoms with Gasteiger partial charge in [0.25, 0.3) is 0 Å². The Hall–Kier alpha value is -3.28. The Morgan fingerprint density at radius 3 is 2.43 bits per heavy atom. The molecule has 0 unspecified atom stereocenters. The molecular weight excluding hydrogens is 352 g/mol. The first-order valence-electron chi connectivity index (χ1n) is 9.41. The normalized spacial score (nSPS) is 10.4. The Kier molecular flexibility index (Phi) is 7.07. The number of rotatable bonds is 10. The third kappa shape index (κ3) is 5.61. The van der Waals surface area contributed by atoms with E-state index in [2.05, 4.69) is 51.4 Å². The van der Waals surface area contributed by atoms with Crippen molar-refractivity contribution in [2.24, 2.45) is 0 Å². The van der Waals surface area contributed by atoms with Gasteiger partial charge in [0.1, 0.15) is 23.9 Å². The third-order valence-corrected chi connectivity index (χ3v) is 4.28. The molecule has 0 bridgehead atoms. The predicted octanol–water partition coefficient (Wildman–Crippen LogP) is 4.00. The summed E-state index contributed by atoms with van der Waals surface area (Å²) in [5.41, 5.74) is 1.25. The second-order valence-corrected chi connectivity index (χ2v) is 6.19. The molecule has 1 N–H and O–H groups in total. The first kappa shape index (κ1) is 19.5. The van der Waals surface area contributed by atoms with Crippen LogP contribution in [0.5, 0.6) is 11.5 Å². The van der Waals surface area contributed by atoms with Crippen LogP contribution in [0.25, 0.3) is 0 Å². The zero-order chi connectivity index (χ0) is 19.6. The van der Waals surface area contributed by atoms with E-state index in [-0.39, 0.29) is 0 Å². The van der Waals surface area contributed by atoms with Gasteiger partial charge in [0.15, 0.2) is 0 Å². The Balaban J connectivity index is 1.52. The van der Waals surface area contributed by atoms with Gasteiger partial charge in [-0.25, -0.2) is 4.98 Å². The molecule has 28 heavy (non-hydrogen) atoms.